The van der Waals surface area contributed by atoms with Crippen molar-refractivity contribution in [2.75, 3.05) is 5.32 Å². The molecular formula is C11H9BrN2O3. The van der Waals surface area contributed by atoms with Crippen molar-refractivity contribution < 1.29 is 14.3 Å². The molecule has 2 aromatic rings. The number of aromatic carboxylic acids is 1. The third-order valence-corrected chi connectivity index (χ3v) is 2.88. The minimum atomic E-state index is -1.11. The maximum atomic E-state index is 10.6. The number of hydrogen-bond donors (Lipinski definition) is 2. The quantitative estimate of drug-likeness (QED) is 0.907. The van der Waals surface area contributed by atoms with E-state index in [0.717, 1.165) is 16.3 Å². The molecule has 0 aliphatic rings. The summed E-state index contributed by atoms with van der Waals surface area (Å²) in [6.07, 6.45) is 1.10. The van der Waals surface area contributed by atoms with Crippen LogP contribution in [0.15, 0.2) is 39.4 Å². The number of benzene rings is 1. The van der Waals surface area contributed by atoms with Crippen LogP contribution in [0.4, 0.5) is 6.01 Å². The number of carboxylic acid groups (broad SMARTS) is 1. The second-order valence-electron chi connectivity index (χ2n) is 3.29. The van der Waals surface area contributed by atoms with Crippen LogP contribution in [0.3, 0.4) is 0 Å². The van der Waals surface area contributed by atoms with Gasteiger partial charge < -0.3 is 14.8 Å². The summed E-state index contributed by atoms with van der Waals surface area (Å²) in [5.74, 6) is -1.11. The van der Waals surface area contributed by atoms with Crippen LogP contribution in [-0.2, 0) is 6.54 Å². The lowest BCUT2D eigenvalue weighted by molar-refractivity contribution is 0.0690. The van der Waals surface area contributed by atoms with Gasteiger partial charge in [0, 0.05) is 11.0 Å². The number of anilines is 1. The first-order valence-electron chi connectivity index (χ1n) is 4.83. The second-order valence-corrected chi connectivity index (χ2v) is 4.14. The first kappa shape index (κ1) is 11.7. The van der Waals surface area contributed by atoms with Crippen LogP contribution in [0, 0.1) is 0 Å². The highest BCUT2D eigenvalue weighted by atomic mass is 79.9. The number of hydrogen-bond acceptors (Lipinski definition) is 4. The molecule has 0 saturated heterocycles. The molecule has 0 aliphatic heterocycles. The van der Waals surface area contributed by atoms with Gasteiger partial charge in [-0.25, -0.2) is 4.79 Å². The second kappa shape index (κ2) is 5.01. The van der Waals surface area contributed by atoms with Gasteiger partial charge in [-0.2, -0.15) is 4.98 Å². The average Bonchev–Trinajstić information content (AvgIpc) is 2.77. The lowest BCUT2D eigenvalue weighted by atomic mass is 10.2. The topological polar surface area (TPSA) is 75.4 Å². The van der Waals surface area contributed by atoms with Crippen molar-refractivity contribution in [3.05, 3.63) is 46.3 Å². The van der Waals surface area contributed by atoms with Crippen LogP contribution in [0.5, 0.6) is 0 Å². The standard InChI is InChI=1S/C11H9BrN2O3/c12-8-4-2-1-3-7(8)5-13-11-14-9(6-17-11)10(15)16/h1-4,6H,5H2,(H,13,14)(H,15,16). The number of nitrogens with zero attached hydrogens (tertiary/aromatic N) is 1. The van der Waals surface area contributed by atoms with E-state index in [-0.39, 0.29) is 11.7 Å². The molecule has 0 fully saturated rings. The molecule has 0 amide bonds. The minimum Gasteiger partial charge on any atom is -0.476 e. The first-order valence-corrected chi connectivity index (χ1v) is 5.62. The normalized spacial score (nSPS) is 10.2. The third-order valence-electron chi connectivity index (χ3n) is 2.11. The highest BCUT2D eigenvalue weighted by molar-refractivity contribution is 9.10. The summed E-state index contributed by atoms with van der Waals surface area (Å²) in [7, 11) is 0. The zero-order valence-electron chi connectivity index (χ0n) is 8.68. The molecule has 0 bridgehead atoms. The van der Waals surface area contributed by atoms with Gasteiger partial charge in [0.05, 0.1) is 0 Å². The highest BCUT2D eigenvalue weighted by Gasteiger charge is 2.10. The summed E-state index contributed by atoms with van der Waals surface area (Å²) in [6, 6.07) is 7.90. The predicted molar refractivity (Wildman–Crippen MR) is 64.9 cm³/mol. The molecule has 0 unspecified atom stereocenters. The number of oxazole rings is 1. The molecule has 5 nitrogen and oxygen atoms in total. The fourth-order valence-corrected chi connectivity index (χ4v) is 1.69. The van der Waals surface area contributed by atoms with E-state index in [4.69, 9.17) is 9.52 Å². The molecular weight excluding hydrogens is 288 g/mol. The Morgan fingerprint density at radius 2 is 2.24 bits per heavy atom. The molecule has 6 heteroatoms. The number of carbonyl (C=O) groups is 1. The zero-order chi connectivity index (χ0) is 12.3. The molecule has 1 heterocycles. The Labute approximate surface area is 106 Å². The lowest BCUT2D eigenvalue weighted by Crippen LogP contribution is -2.01. The van der Waals surface area contributed by atoms with Crippen LogP contribution >= 0.6 is 15.9 Å². The van der Waals surface area contributed by atoms with E-state index in [9.17, 15) is 4.79 Å². The molecule has 1 aromatic carbocycles. The van der Waals surface area contributed by atoms with Gasteiger partial charge in [0.15, 0.2) is 5.69 Å². The third kappa shape index (κ3) is 2.85. The van der Waals surface area contributed by atoms with Gasteiger partial charge in [0.25, 0.3) is 6.01 Å². The van der Waals surface area contributed by atoms with E-state index < -0.39 is 5.97 Å². The van der Waals surface area contributed by atoms with Crippen LogP contribution in [0.1, 0.15) is 16.1 Å². The summed E-state index contributed by atoms with van der Waals surface area (Å²) >= 11 is 3.41. The van der Waals surface area contributed by atoms with Gasteiger partial charge in [-0.1, -0.05) is 34.1 Å². The minimum absolute atomic E-state index is 0.111. The highest BCUT2D eigenvalue weighted by Crippen LogP contribution is 2.17. The number of rotatable bonds is 4. The molecule has 0 aliphatic carbocycles. The zero-order valence-corrected chi connectivity index (χ0v) is 10.3. The fraction of sp³-hybridized carbons (Fsp3) is 0.0909. The van der Waals surface area contributed by atoms with Crippen molar-refractivity contribution in [2.45, 2.75) is 6.54 Å². The Balaban J connectivity index is 2.02. The van der Waals surface area contributed by atoms with Crippen LogP contribution < -0.4 is 5.32 Å². The van der Waals surface area contributed by atoms with E-state index in [0.29, 0.717) is 6.54 Å². The number of carboxylic acids is 1. The van der Waals surface area contributed by atoms with Crippen LogP contribution in [0.25, 0.3) is 0 Å². The van der Waals surface area contributed by atoms with Gasteiger partial charge in [0.1, 0.15) is 6.26 Å². The Morgan fingerprint density at radius 3 is 2.88 bits per heavy atom. The number of nitrogens with one attached hydrogen (secondary N) is 1. The Hall–Kier alpha value is -1.82. The molecule has 88 valence electrons. The number of aromatic nitrogens is 1. The Morgan fingerprint density at radius 1 is 1.47 bits per heavy atom. The summed E-state index contributed by atoms with van der Waals surface area (Å²) in [5.41, 5.74) is 0.919. The Bertz CT molecular complexity index is 539. The van der Waals surface area contributed by atoms with Gasteiger partial charge in [-0.15, -0.1) is 0 Å². The molecule has 0 saturated carbocycles. The predicted octanol–water partition coefficient (Wildman–Crippen LogP) is 2.75. The molecule has 0 spiro atoms. The largest absolute Gasteiger partial charge is 0.476 e. The van der Waals surface area contributed by atoms with Gasteiger partial charge in [-0.05, 0) is 11.6 Å². The van der Waals surface area contributed by atoms with E-state index >= 15 is 0 Å². The van der Waals surface area contributed by atoms with Gasteiger partial charge >= 0.3 is 5.97 Å². The van der Waals surface area contributed by atoms with Crippen molar-refractivity contribution in [3.8, 4) is 0 Å². The number of halogens is 1. The maximum Gasteiger partial charge on any atom is 0.357 e. The van der Waals surface area contributed by atoms with Gasteiger partial charge in [-0.3, -0.25) is 0 Å². The SMILES string of the molecule is O=C(O)c1coc(NCc2ccccc2Br)n1. The maximum absolute atomic E-state index is 10.6. The lowest BCUT2D eigenvalue weighted by Gasteiger charge is -2.03. The molecule has 0 atom stereocenters. The molecule has 17 heavy (non-hydrogen) atoms. The molecule has 0 radical (unpaired) electrons. The molecule has 2 N–H and O–H groups in total. The van der Waals surface area contributed by atoms with E-state index in [1.165, 1.54) is 0 Å². The average molecular weight is 297 g/mol. The monoisotopic (exact) mass is 296 g/mol. The Kier molecular flexibility index (Phi) is 3.43. The summed E-state index contributed by atoms with van der Waals surface area (Å²) in [4.78, 5) is 14.3. The van der Waals surface area contributed by atoms with E-state index in [2.05, 4.69) is 26.2 Å². The summed E-state index contributed by atoms with van der Waals surface area (Å²) < 4.78 is 5.94. The molecule has 2 rings (SSSR count). The van der Waals surface area contributed by atoms with E-state index in [1.54, 1.807) is 0 Å². The van der Waals surface area contributed by atoms with Crippen molar-refractivity contribution in [1.82, 2.24) is 4.98 Å². The molecule has 1 aromatic heterocycles. The van der Waals surface area contributed by atoms with Crippen LogP contribution in [0.2, 0.25) is 0 Å². The fourth-order valence-electron chi connectivity index (χ4n) is 1.27. The summed E-state index contributed by atoms with van der Waals surface area (Å²) in [5, 5.41) is 11.6. The van der Waals surface area contributed by atoms with Crippen molar-refractivity contribution in [2.24, 2.45) is 0 Å². The van der Waals surface area contributed by atoms with Crippen molar-refractivity contribution >= 4 is 27.9 Å². The van der Waals surface area contributed by atoms with E-state index in [1.807, 2.05) is 24.3 Å². The van der Waals surface area contributed by atoms with Crippen molar-refractivity contribution in [3.63, 3.8) is 0 Å². The smallest absolute Gasteiger partial charge is 0.357 e. The van der Waals surface area contributed by atoms with Gasteiger partial charge in [0.2, 0.25) is 0 Å². The first-order chi connectivity index (χ1) is 8.16. The van der Waals surface area contributed by atoms with Crippen LogP contribution in [-0.4, -0.2) is 16.1 Å². The van der Waals surface area contributed by atoms with Crippen molar-refractivity contribution in [1.29, 1.82) is 0 Å². The summed E-state index contributed by atoms with van der Waals surface area (Å²) in [6.45, 7) is 0.501.